The highest BCUT2D eigenvalue weighted by atomic mass is 35.5. The summed E-state index contributed by atoms with van der Waals surface area (Å²) in [5.41, 5.74) is 0. The van der Waals surface area contributed by atoms with Gasteiger partial charge < -0.3 is 14.9 Å². The third-order valence-electron chi connectivity index (χ3n) is 1.62. The van der Waals surface area contributed by atoms with Crippen LogP contribution in [0.2, 0.25) is 0 Å². The summed E-state index contributed by atoms with van der Waals surface area (Å²) < 4.78 is 4.86. The van der Waals surface area contributed by atoms with E-state index in [0.29, 0.717) is 12.3 Å². The van der Waals surface area contributed by atoms with Crippen molar-refractivity contribution in [2.24, 2.45) is 0 Å². The molecule has 2 N–H and O–H groups in total. The van der Waals surface area contributed by atoms with Gasteiger partial charge in [-0.2, -0.15) is 0 Å². The number of phenols is 2. The van der Waals surface area contributed by atoms with E-state index in [1.54, 1.807) is 0 Å². The number of ether oxygens (including phenoxy) is 1. The highest BCUT2D eigenvalue weighted by Crippen LogP contribution is 2.25. The molecule has 0 spiro atoms. The third-order valence-corrected chi connectivity index (χ3v) is 1.89. The molecule has 0 atom stereocenters. The number of hydrogen-bond donors (Lipinski definition) is 2. The van der Waals surface area contributed by atoms with Crippen LogP contribution in [-0.2, 0) is 4.79 Å². The predicted molar refractivity (Wildman–Crippen MR) is 55.4 cm³/mol. The summed E-state index contributed by atoms with van der Waals surface area (Å²) in [4.78, 5) is 11.1. The number of carbonyl (C=O) groups excluding carboxylic acids is 1. The van der Waals surface area contributed by atoms with Crippen molar-refractivity contribution < 1.29 is 19.7 Å². The van der Waals surface area contributed by atoms with Crippen LogP contribution in [0.25, 0.3) is 0 Å². The van der Waals surface area contributed by atoms with Crippen LogP contribution in [-0.4, -0.2) is 22.1 Å². The number of benzene rings is 1. The van der Waals surface area contributed by atoms with E-state index >= 15 is 0 Å². The van der Waals surface area contributed by atoms with E-state index < -0.39 is 5.97 Å². The molecule has 1 aromatic rings. The van der Waals surface area contributed by atoms with Gasteiger partial charge in [0, 0.05) is 30.5 Å². The molecule has 0 fully saturated rings. The third kappa shape index (κ3) is 4.08. The number of phenolic OH excluding ortho intramolecular Hbond substituents is 2. The lowest BCUT2D eigenvalue weighted by molar-refractivity contribution is -0.134. The molecule has 1 aromatic carbocycles. The average molecular weight is 231 g/mol. The van der Waals surface area contributed by atoms with Crippen molar-refractivity contribution in [2.75, 3.05) is 5.88 Å². The second-order valence-electron chi connectivity index (χ2n) is 2.95. The Bertz CT molecular complexity index is 331. The van der Waals surface area contributed by atoms with E-state index in [1.807, 2.05) is 0 Å². The van der Waals surface area contributed by atoms with Crippen LogP contribution in [0.5, 0.6) is 17.2 Å². The van der Waals surface area contributed by atoms with Crippen LogP contribution in [0.15, 0.2) is 18.2 Å². The maximum absolute atomic E-state index is 11.1. The Kier molecular flexibility index (Phi) is 4.24. The summed E-state index contributed by atoms with van der Waals surface area (Å²) in [5, 5.41) is 18.2. The molecule has 0 aliphatic rings. The number of esters is 1. The molecule has 15 heavy (non-hydrogen) atoms. The standard InChI is InChI=1S/C10H11ClO4/c11-3-1-2-10(14)15-9-5-7(12)4-8(13)6-9/h4-6,12-13H,1-3H2. The zero-order valence-corrected chi connectivity index (χ0v) is 8.70. The number of rotatable bonds is 4. The Labute approximate surface area is 92.1 Å². The Hall–Kier alpha value is -1.42. The molecule has 0 amide bonds. The summed E-state index contributed by atoms with van der Waals surface area (Å²) in [6.07, 6.45) is 0.741. The van der Waals surface area contributed by atoms with Gasteiger partial charge in [-0.05, 0) is 6.42 Å². The van der Waals surface area contributed by atoms with Gasteiger partial charge in [-0.15, -0.1) is 11.6 Å². The van der Waals surface area contributed by atoms with Crippen molar-refractivity contribution in [3.8, 4) is 17.2 Å². The molecule has 0 bridgehead atoms. The summed E-state index contributed by atoms with van der Waals surface area (Å²) in [6, 6.07) is 3.65. The monoisotopic (exact) mass is 230 g/mol. The van der Waals surface area contributed by atoms with Gasteiger partial charge in [-0.25, -0.2) is 0 Å². The second-order valence-corrected chi connectivity index (χ2v) is 3.33. The van der Waals surface area contributed by atoms with Crippen LogP contribution in [0.1, 0.15) is 12.8 Å². The molecule has 0 aliphatic heterocycles. The predicted octanol–water partition coefficient (Wildman–Crippen LogP) is 2.02. The zero-order valence-electron chi connectivity index (χ0n) is 7.94. The van der Waals surface area contributed by atoms with E-state index in [-0.39, 0.29) is 23.7 Å². The van der Waals surface area contributed by atoms with Gasteiger partial charge in [-0.3, -0.25) is 4.79 Å². The van der Waals surface area contributed by atoms with E-state index in [1.165, 1.54) is 12.1 Å². The van der Waals surface area contributed by atoms with Gasteiger partial charge in [0.2, 0.25) is 0 Å². The molecule has 0 saturated heterocycles. The first kappa shape index (κ1) is 11.7. The van der Waals surface area contributed by atoms with Crippen LogP contribution in [0, 0.1) is 0 Å². The number of carbonyl (C=O) groups is 1. The highest BCUT2D eigenvalue weighted by molar-refractivity contribution is 6.17. The summed E-state index contributed by atoms with van der Waals surface area (Å²) in [5.74, 6) is -0.251. The first-order valence-electron chi connectivity index (χ1n) is 4.41. The maximum Gasteiger partial charge on any atom is 0.311 e. The zero-order chi connectivity index (χ0) is 11.3. The van der Waals surface area contributed by atoms with Gasteiger partial charge in [0.15, 0.2) is 0 Å². The van der Waals surface area contributed by atoms with E-state index in [4.69, 9.17) is 26.6 Å². The normalized spacial score (nSPS) is 9.93. The minimum atomic E-state index is -0.444. The van der Waals surface area contributed by atoms with Crippen molar-refractivity contribution in [1.29, 1.82) is 0 Å². The molecule has 4 nitrogen and oxygen atoms in total. The molecule has 0 heterocycles. The fraction of sp³-hybridized carbons (Fsp3) is 0.300. The number of aromatic hydroxyl groups is 2. The molecule has 1 rings (SSSR count). The van der Waals surface area contributed by atoms with E-state index in [2.05, 4.69) is 0 Å². The van der Waals surface area contributed by atoms with Gasteiger partial charge in [0.25, 0.3) is 0 Å². The van der Waals surface area contributed by atoms with E-state index in [9.17, 15) is 4.79 Å². The van der Waals surface area contributed by atoms with Crippen LogP contribution < -0.4 is 4.74 Å². The molecule has 82 valence electrons. The maximum atomic E-state index is 11.1. The molecular weight excluding hydrogens is 220 g/mol. The molecule has 0 aromatic heterocycles. The van der Waals surface area contributed by atoms with Crippen LogP contribution in [0.4, 0.5) is 0 Å². The van der Waals surface area contributed by atoms with Crippen LogP contribution >= 0.6 is 11.6 Å². The van der Waals surface area contributed by atoms with Crippen molar-refractivity contribution in [3.63, 3.8) is 0 Å². The Morgan fingerprint density at radius 3 is 2.40 bits per heavy atom. The first-order valence-corrected chi connectivity index (χ1v) is 4.95. The fourth-order valence-corrected chi connectivity index (χ4v) is 1.15. The molecule has 0 unspecified atom stereocenters. The summed E-state index contributed by atoms with van der Waals surface area (Å²) >= 11 is 5.41. The van der Waals surface area contributed by atoms with Gasteiger partial charge >= 0.3 is 5.97 Å². The lowest BCUT2D eigenvalue weighted by Crippen LogP contribution is -2.07. The van der Waals surface area contributed by atoms with Crippen LogP contribution in [0.3, 0.4) is 0 Å². The number of halogens is 1. The Balaban J connectivity index is 2.60. The molecular formula is C10H11ClO4. The average Bonchev–Trinajstić information content (AvgIpc) is 2.13. The van der Waals surface area contributed by atoms with Crippen molar-refractivity contribution in [3.05, 3.63) is 18.2 Å². The quantitative estimate of drug-likeness (QED) is 0.472. The highest BCUT2D eigenvalue weighted by Gasteiger charge is 2.06. The second kappa shape index (κ2) is 5.46. The Morgan fingerprint density at radius 1 is 1.27 bits per heavy atom. The lowest BCUT2D eigenvalue weighted by Gasteiger charge is -2.04. The molecule has 0 radical (unpaired) electrons. The van der Waals surface area contributed by atoms with E-state index in [0.717, 1.165) is 6.07 Å². The number of hydrogen-bond acceptors (Lipinski definition) is 4. The number of alkyl halides is 1. The summed E-state index contributed by atoms with van der Waals surface area (Å²) in [6.45, 7) is 0. The van der Waals surface area contributed by atoms with Crippen molar-refractivity contribution in [2.45, 2.75) is 12.8 Å². The van der Waals surface area contributed by atoms with Crippen molar-refractivity contribution >= 4 is 17.6 Å². The molecule has 0 aliphatic carbocycles. The molecule has 0 saturated carbocycles. The summed E-state index contributed by atoms with van der Waals surface area (Å²) in [7, 11) is 0. The molecule has 5 heteroatoms. The minimum absolute atomic E-state index is 0.118. The topological polar surface area (TPSA) is 66.8 Å². The van der Waals surface area contributed by atoms with Gasteiger partial charge in [0.1, 0.15) is 17.2 Å². The SMILES string of the molecule is O=C(CCCCl)Oc1cc(O)cc(O)c1. The van der Waals surface area contributed by atoms with Crippen molar-refractivity contribution in [1.82, 2.24) is 0 Å². The lowest BCUT2D eigenvalue weighted by atomic mass is 10.3. The smallest absolute Gasteiger partial charge is 0.311 e. The van der Waals surface area contributed by atoms with Gasteiger partial charge in [-0.1, -0.05) is 0 Å². The Morgan fingerprint density at radius 2 is 1.87 bits per heavy atom. The largest absolute Gasteiger partial charge is 0.508 e. The first-order chi connectivity index (χ1) is 7.11. The van der Waals surface area contributed by atoms with Gasteiger partial charge in [0.05, 0.1) is 0 Å². The minimum Gasteiger partial charge on any atom is -0.508 e. The fourth-order valence-electron chi connectivity index (χ4n) is 1.02.